The highest BCUT2D eigenvalue weighted by Crippen LogP contribution is 2.37. The van der Waals surface area contributed by atoms with E-state index in [1.54, 1.807) is 24.5 Å². The first-order valence-corrected chi connectivity index (χ1v) is 8.22. The first kappa shape index (κ1) is 16.5. The summed E-state index contributed by atoms with van der Waals surface area (Å²) in [7, 11) is 0. The van der Waals surface area contributed by atoms with Crippen molar-refractivity contribution in [2.45, 2.75) is 6.42 Å². The van der Waals surface area contributed by atoms with E-state index in [9.17, 15) is 14.5 Å². The van der Waals surface area contributed by atoms with Crippen molar-refractivity contribution in [3.63, 3.8) is 0 Å². The smallest absolute Gasteiger partial charge is 0.306 e. The molecule has 0 aromatic heterocycles. The van der Waals surface area contributed by atoms with Crippen LogP contribution >= 0.6 is 11.6 Å². The van der Waals surface area contributed by atoms with Crippen molar-refractivity contribution in [1.29, 1.82) is 0 Å². The van der Waals surface area contributed by atoms with Gasteiger partial charge in [-0.3, -0.25) is 15.1 Å². The average Bonchev–Trinajstić information content (AvgIpc) is 2.65. The largest absolute Gasteiger partial charge is 0.456 e. The molecule has 0 amide bonds. The van der Waals surface area contributed by atoms with E-state index in [-0.39, 0.29) is 5.75 Å². The SMILES string of the molecule is O=[N+]([O-])c1ccc(Oc2ccc3c(c2)C2=NCCCN2C=N3)c(Cl)c1F. The number of nitro groups is 1. The van der Waals surface area contributed by atoms with Gasteiger partial charge >= 0.3 is 5.69 Å². The molecule has 26 heavy (non-hydrogen) atoms. The number of nitro benzene ring substituents is 1. The third kappa shape index (κ3) is 2.78. The molecule has 2 aliphatic rings. The Morgan fingerprint density at radius 3 is 2.96 bits per heavy atom. The van der Waals surface area contributed by atoms with E-state index in [0.29, 0.717) is 5.75 Å². The van der Waals surface area contributed by atoms with Crippen LogP contribution in [0.25, 0.3) is 0 Å². The molecule has 0 N–H and O–H groups in total. The quantitative estimate of drug-likeness (QED) is 0.592. The first-order chi connectivity index (χ1) is 12.5. The molecule has 9 heteroatoms. The Kier molecular flexibility index (Phi) is 4.04. The van der Waals surface area contributed by atoms with Crippen LogP contribution in [0.2, 0.25) is 5.02 Å². The summed E-state index contributed by atoms with van der Waals surface area (Å²) >= 11 is 5.89. The van der Waals surface area contributed by atoms with Crippen LogP contribution in [-0.2, 0) is 0 Å². The summed E-state index contributed by atoms with van der Waals surface area (Å²) in [5, 5.41) is 10.3. The monoisotopic (exact) mass is 374 g/mol. The van der Waals surface area contributed by atoms with Crippen molar-refractivity contribution in [1.82, 2.24) is 4.90 Å². The molecule has 0 saturated heterocycles. The molecule has 0 unspecified atom stereocenters. The van der Waals surface area contributed by atoms with Gasteiger partial charge < -0.3 is 9.64 Å². The Morgan fingerprint density at radius 2 is 2.15 bits per heavy atom. The molecule has 132 valence electrons. The predicted octanol–water partition coefficient (Wildman–Crippen LogP) is 4.31. The van der Waals surface area contributed by atoms with Gasteiger partial charge in [0.25, 0.3) is 0 Å². The molecule has 4 rings (SSSR count). The second-order valence-electron chi connectivity index (χ2n) is 5.75. The van der Waals surface area contributed by atoms with Crippen molar-refractivity contribution >= 4 is 35.1 Å². The minimum Gasteiger partial charge on any atom is -0.456 e. The number of halogens is 2. The van der Waals surface area contributed by atoms with Gasteiger partial charge in [0.05, 0.1) is 16.9 Å². The predicted molar refractivity (Wildman–Crippen MR) is 95.5 cm³/mol. The van der Waals surface area contributed by atoms with E-state index >= 15 is 0 Å². The molecule has 2 aromatic carbocycles. The minimum absolute atomic E-state index is 0.00327. The number of aliphatic imine (C=N–C) groups is 2. The van der Waals surface area contributed by atoms with Crippen LogP contribution in [0, 0.1) is 15.9 Å². The van der Waals surface area contributed by atoms with E-state index in [1.807, 2.05) is 4.90 Å². The molecular formula is C17H12ClFN4O3. The second kappa shape index (κ2) is 6.38. The number of amidine groups is 1. The molecule has 0 radical (unpaired) electrons. The second-order valence-corrected chi connectivity index (χ2v) is 6.12. The topological polar surface area (TPSA) is 80.3 Å². The summed E-state index contributed by atoms with van der Waals surface area (Å²) in [5.41, 5.74) is 0.868. The van der Waals surface area contributed by atoms with Gasteiger partial charge in [0.2, 0.25) is 5.82 Å². The highest BCUT2D eigenvalue weighted by molar-refractivity contribution is 6.32. The number of nitrogens with zero attached hydrogens (tertiary/aromatic N) is 4. The lowest BCUT2D eigenvalue weighted by atomic mass is 10.1. The van der Waals surface area contributed by atoms with Gasteiger partial charge in [-0.25, -0.2) is 4.99 Å². The standard InChI is InChI=1S/C17H12ClFN4O3/c18-15-14(5-4-13(16(15)19)23(24)25)26-10-2-3-12-11(8-10)17-20-6-1-7-22(17)9-21-12/h2-5,8-9H,1,6-7H2. The summed E-state index contributed by atoms with van der Waals surface area (Å²) in [6.07, 6.45) is 2.71. The van der Waals surface area contributed by atoms with Gasteiger partial charge in [-0.15, -0.1) is 0 Å². The fourth-order valence-electron chi connectivity index (χ4n) is 2.85. The van der Waals surface area contributed by atoms with E-state index < -0.39 is 21.5 Å². The van der Waals surface area contributed by atoms with Crippen molar-refractivity contribution in [2.24, 2.45) is 9.98 Å². The molecule has 0 atom stereocenters. The van der Waals surface area contributed by atoms with E-state index in [0.717, 1.165) is 42.7 Å². The van der Waals surface area contributed by atoms with Gasteiger partial charge in [-0.2, -0.15) is 4.39 Å². The van der Waals surface area contributed by atoms with E-state index in [1.165, 1.54) is 6.07 Å². The lowest BCUT2D eigenvalue weighted by Crippen LogP contribution is -2.36. The Bertz CT molecular complexity index is 977. The lowest BCUT2D eigenvalue weighted by molar-refractivity contribution is -0.387. The number of hydrogen-bond acceptors (Lipinski definition) is 6. The molecule has 0 fully saturated rings. The Balaban J connectivity index is 1.69. The Labute approximate surface area is 152 Å². The van der Waals surface area contributed by atoms with Gasteiger partial charge in [0.15, 0.2) is 0 Å². The fourth-order valence-corrected chi connectivity index (χ4v) is 3.04. The van der Waals surface area contributed by atoms with Gasteiger partial charge in [-0.1, -0.05) is 11.6 Å². The molecule has 0 bridgehead atoms. The highest BCUT2D eigenvalue weighted by Gasteiger charge is 2.24. The summed E-state index contributed by atoms with van der Waals surface area (Å²) in [6.45, 7) is 1.58. The van der Waals surface area contributed by atoms with Crippen molar-refractivity contribution in [3.05, 3.63) is 56.8 Å². The van der Waals surface area contributed by atoms with Crippen LogP contribution < -0.4 is 4.74 Å². The maximum atomic E-state index is 14.0. The molecule has 2 aromatic rings. The zero-order chi connectivity index (χ0) is 18.3. The third-order valence-electron chi connectivity index (χ3n) is 4.09. The third-order valence-corrected chi connectivity index (χ3v) is 4.44. The minimum atomic E-state index is -1.13. The van der Waals surface area contributed by atoms with Crippen LogP contribution in [0.1, 0.15) is 12.0 Å². The van der Waals surface area contributed by atoms with Crippen molar-refractivity contribution < 1.29 is 14.1 Å². The number of benzene rings is 2. The highest BCUT2D eigenvalue weighted by atomic mass is 35.5. The Morgan fingerprint density at radius 1 is 1.31 bits per heavy atom. The van der Waals surface area contributed by atoms with Gasteiger partial charge in [0, 0.05) is 24.7 Å². The van der Waals surface area contributed by atoms with Crippen LogP contribution in [-0.4, -0.2) is 35.1 Å². The number of ether oxygens (including phenoxy) is 1. The van der Waals surface area contributed by atoms with Crippen LogP contribution in [0.3, 0.4) is 0 Å². The van der Waals surface area contributed by atoms with Gasteiger partial charge in [0.1, 0.15) is 22.4 Å². The van der Waals surface area contributed by atoms with Crippen LogP contribution in [0.5, 0.6) is 11.5 Å². The fraction of sp³-hybridized carbons (Fsp3) is 0.176. The maximum Gasteiger partial charge on any atom is 0.306 e. The molecule has 2 heterocycles. The number of rotatable bonds is 3. The molecule has 0 saturated carbocycles. The molecular weight excluding hydrogens is 363 g/mol. The van der Waals surface area contributed by atoms with Crippen LogP contribution in [0.15, 0.2) is 40.3 Å². The molecule has 7 nitrogen and oxygen atoms in total. The summed E-state index contributed by atoms with van der Waals surface area (Å²) < 4.78 is 19.7. The normalized spacial score (nSPS) is 15.2. The van der Waals surface area contributed by atoms with Crippen molar-refractivity contribution in [3.8, 4) is 11.5 Å². The maximum absolute atomic E-state index is 14.0. The zero-order valence-corrected chi connectivity index (χ0v) is 14.1. The summed E-state index contributed by atoms with van der Waals surface area (Å²) in [4.78, 5) is 20.8. The van der Waals surface area contributed by atoms with Crippen LogP contribution in [0.4, 0.5) is 15.8 Å². The summed E-state index contributed by atoms with van der Waals surface area (Å²) in [6, 6.07) is 7.48. The van der Waals surface area contributed by atoms with Crippen molar-refractivity contribution in [2.75, 3.05) is 13.1 Å². The zero-order valence-electron chi connectivity index (χ0n) is 13.4. The number of hydrogen-bond donors (Lipinski definition) is 0. The van der Waals surface area contributed by atoms with E-state index in [4.69, 9.17) is 16.3 Å². The van der Waals surface area contributed by atoms with E-state index in [2.05, 4.69) is 9.98 Å². The molecule has 2 aliphatic heterocycles. The Hall–Kier alpha value is -3.00. The number of fused-ring (bicyclic) bond motifs is 3. The summed E-state index contributed by atoms with van der Waals surface area (Å²) in [5.74, 6) is 0.0907. The molecule has 0 aliphatic carbocycles. The first-order valence-electron chi connectivity index (χ1n) is 7.84. The molecule has 0 spiro atoms. The average molecular weight is 375 g/mol. The lowest BCUT2D eigenvalue weighted by Gasteiger charge is -2.29. The van der Waals surface area contributed by atoms with Gasteiger partial charge in [-0.05, 0) is 30.7 Å².